The van der Waals surface area contributed by atoms with Crippen LogP contribution in [-0.4, -0.2) is 35.0 Å². The zero-order valence-electron chi connectivity index (χ0n) is 24.0. The van der Waals surface area contributed by atoms with Crippen LogP contribution < -0.4 is 0 Å². The van der Waals surface area contributed by atoms with Gasteiger partial charge in [0.05, 0.1) is 18.8 Å². The van der Waals surface area contributed by atoms with E-state index >= 15 is 0 Å². The highest BCUT2D eigenvalue weighted by atomic mass is 16.5. The number of fused-ring (bicyclic) bond motifs is 7. The first kappa shape index (κ1) is 26.7. The molecule has 0 radical (unpaired) electrons. The van der Waals surface area contributed by atoms with Gasteiger partial charge in [-0.25, -0.2) is 0 Å². The second-order valence-electron chi connectivity index (χ2n) is 15.4. The molecule has 0 unspecified atom stereocenters. The first-order valence-electron chi connectivity index (χ1n) is 14.8. The van der Waals surface area contributed by atoms with Crippen molar-refractivity contribution >= 4 is 5.97 Å². The molecule has 5 aliphatic carbocycles. The normalized spacial score (nSPS) is 53.4. The number of hydrogen-bond acceptors (Lipinski definition) is 4. The molecule has 0 saturated heterocycles. The number of hydrogen-bond donors (Lipinski definition) is 2. The molecule has 5 aliphatic rings. The molecule has 0 spiro atoms. The molecule has 0 heterocycles. The Hall–Kier alpha value is -0.870. The number of carbonyl (C=O) groups is 1. The van der Waals surface area contributed by atoms with Crippen molar-refractivity contribution in [1.29, 1.82) is 0 Å². The first-order chi connectivity index (χ1) is 16.6. The van der Waals surface area contributed by atoms with Gasteiger partial charge in [0.1, 0.15) is 0 Å². The van der Waals surface area contributed by atoms with E-state index in [1.165, 1.54) is 32.6 Å². The van der Waals surface area contributed by atoms with E-state index in [2.05, 4.69) is 48.1 Å². The van der Waals surface area contributed by atoms with Crippen LogP contribution in [0.2, 0.25) is 0 Å². The fourth-order valence-corrected chi connectivity index (χ4v) is 11.9. The van der Waals surface area contributed by atoms with Gasteiger partial charge in [-0.2, -0.15) is 0 Å². The maximum Gasteiger partial charge on any atom is 0.302 e. The molecule has 5 rings (SSSR count). The van der Waals surface area contributed by atoms with Gasteiger partial charge in [-0.05, 0) is 110 Å². The number of carbonyl (C=O) groups excluding carboxylic acids is 1. The zero-order chi connectivity index (χ0) is 26.5. The Morgan fingerprint density at radius 1 is 0.889 bits per heavy atom. The quantitative estimate of drug-likeness (QED) is 0.341. The highest BCUT2D eigenvalue weighted by Crippen LogP contribution is 2.77. The highest BCUT2D eigenvalue weighted by molar-refractivity contribution is 5.66. The lowest BCUT2D eigenvalue weighted by Gasteiger charge is -2.73. The van der Waals surface area contributed by atoms with Crippen LogP contribution in [0.4, 0.5) is 0 Å². The van der Waals surface area contributed by atoms with Crippen molar-refractivity contribution in [2.75, 3.05) is 6.61 Å². The molecule has 0 aromatic heterocycles. The number of ether oxygens (including phenoxy) is 1. The third-order valence-corrected chi connectivity index (χ3v) is 13.7. The lowest BCUT2D eigenvalue weighted by molar-refractivity contribution is -0.250. The fourth-order valence-electron chi connectivity index (χ4n) is 11.9. The van der Waals surface area contributed by atoms with Gasteiger partial charge in [-0.3, -0.25) is 4.79 Å². The van der Waals surface area contributed by atoms with E-state index in [4.69, 9.17) is 4.74 Å². The van der Waals surface area contributed by atoms with Crippen molar-refractivity contribution in [3.05, 3.63) is 12.2 Å². The standard InChI is InChI=1S/C32H52O4/c1-19(2)26-22(34)17-32(18-36-20(3)33)16-15-30(7)21(27(26)32)9-10-24-29(6)13-12-25(35)28(4,5)23(29)11-14-31(24,30)8/h21-27,34-35H,1,9-18H2,2-8H3/t21-,22+,23+,24-,25+,26-,27+,29+,30-,31-,32+/m1/s1. The van der Waals surface area contributed by atoms with Gasteiger partial charge in [0, 0.05) is 18.3 Å². The summed E-state index contributed by atoms with van der Waals surface area (Å²) < 4.78 is 5.72. The Morgan fingerprint density at radius 2 is 1.58 bits per heavy atom. The second-order valence-corrected chi connectivity index (χ2v) is 15.4. The van der Waals surface area contributed by atoms with Crippen LogP contribution in [0.15, 0.2) is 12.2 Å². The van der Waals surface area contributed by atoms with Gasteiger partial charge in [-0.15, -0.1) is 0 Å². The molecule has 4 heteroatoms. The van der Waals surface area contributed by atoms with E-state index in [1.54, 1.807) is 0 Å². The van der Waals surface area contributed by atoms with E-state index < -0.39 is 6.10 Å². The third-order valence-electron chi connectivity index (χ3n) is 13.7. The third kappa shape index (κ3) is 3.34. The van der Waals surface area contributed by atoms with Gasteiger partial charge in [-0.1, -0.05) is 46.8 Å². The summed E-state index contributed by atoms with van der Waals surface area (Å²) in [5.41, 5.74) is 1.61. The minimum absolute atomic E-state index is 0.0293. The minimum atomic E-state index is -0.398. The van der Waals surface area contributed by atoms with Crippen LogP contribution >= 0.6 is 0 Å². The van der Waals surface area contributed by atoms with E-state index in [0.29, 0.717) is 30.3 Å². The van der Waals surface area contributed by atoms with E-state index in [9.17, 15) is 15.0 Å². The number of aliphatic hydroxyl groups excluding tert-OH is 2. The molecule has 204 valence electrons. The molecule has 0 aromatic rings. The molecule has 2 N–H and O–H groups in total. The Balaban J connectivity index is 1.54. The summed E-state index contributed by atoms with van der Waals surface area (Å²) in [4.78, 5) is 11.9. The maximum absolute atomic E-state index is 11.9. The zero-order valence-corrected chi connectivity index (χ0v) is 24.0. The molecule has 0 bridgehead atoms. The lowest BCUT2D eigenvalue weighted by Crippen LogP contribution is -2.66. The average molecular weight is 501 g/mol. The van der Waals surface area contributed by atoms with Crippen LogP contribution in [0.3, 0.4) is 0 Å². The monoisotopic (exact) mass is 500 g/mol. The van der Waals surface area contributed by atoms with Crippen molar-refractivity contribution in [3.63, 3.8) is 0 Å². The highest BCUT2D eigenvalue weighted by Gasteiger charge is 2.71. The SMILES string of the molecule is C=C(C)[C@H]1[C@@H]2[C@H]3CC[C@@H]4[C@@]5(C)CC[C@H](O)C(C)(C)[C@@H]5CC[C@@]4(C)[C@]3(C)CC[C@@]2(COC(C)=O)C[C@@H]1O. The molecule has 0 amide bonds. The van der Waals surface area contributed by atoms with E-state index in [1.807, 2.05) is 0 Å². The molecule has 5 fully saturated rings. The van der Waals surface area contributed by atoms with Gasteiger partial charge in [0.25, 0.3) is 0 Å². The van der Waals surface area contributed by atoms with Crippen molar-refractivity contribution in [2.45, 2.75) is 118 Å². The Morgan fingerprint density at radius 3 is 2.22 bits per heavy atom. The number of esters is 1. The smallest absolute Gasteiger partial charge is 0.302 e. The molecular weight excluding hydrogens is 448 g/mol. The Labute approximate surface area is 219 Å². The lowest BCUT2D eigenvalue weighted by atomic mass is 9.32. The predicted octanol–water partition coefficient (Wildman–Crippen LogP) is 6.54. The van der Waals surface area contributed by atoms with Crippen molar-refractivity contribution in [3.8, 4) is 0 Å². The summed E-state index contributed by atoms with van der Waals surface area (Å²) in [7, 11) is 0. The van der Waals surface area contributed by atoms with Gasteiger partial charge in [0.2, 0.25) is 0 Å². The Bertz CT molecular complexity index is 925. The molecule has 0 aromatic carbocycles. The van der Waals surface area contributed by atoms with Crippen molar-refractivity contribution in [1.82, 2.24) is 0 Å². The summed E-state index contributed by atoms with van der Waals surface area (Å²) in [5, 5.41) is 22.3. The fraction of sp³-hybridized carbons (Fsp3) is 0.906. The van der Waals surface area contributed by atoms with Crippen LogP contribution in [0.1, 0.15) is 106 Å². The summed E-state index contributed by atoms with van der Waals surface area (Å²) in [6.07, 6.45) is 9.19. The Kier molecular flexibility index (Phi) is 6.17. The van der Waals surface area contributed by atoms with E-state index in [-0.39, 0.29) is 45.1 Å². The van der Waals surface area contributed by atoms with Gasteiger partial charge in [0.15, 0.2) is 0 Å². The second kappa shape index (κ2) is 8.31. The molecule has 11 atom stereocenters. The number of rotatable bonds is 3. The summed E-state index contributed by atoms with van der Waals surface area (Å²) in [6.45, 7) is 20.8. The molecule has 36 heavy (non-hydrogen) atoms. The summed E-state index contributed by atoms with van der Waals surface area (Å²) in [5.74, 6) is 1.91. The maximum atomic E-state index is 11.9. The molecular formula is C32H52O4. The molecule has 0 aliphatic heterocycles. The van der Waals surface area contributed by atoms with Gasteiger partial charge < -0.3 is 14.9 Å². The molecule has 4 nitrogen and oxygen atoms in total. The largest absolute Gasteiger partial charge is 0.465 e. The predicted molar refractivity (Wildman–Crippen MR) is 143 cm³/mol. The van der Waals surface area contributed by atoms with Crippen molar-refractivity contribution < 1.29 is 19.7 Å². The van der Waals surface area contributed by atoms with E-state index in [0.717, 1.165) is 37.7 Å². The summed E-state index contributed by atoms with van der Waals surface area (Å²) >= 11 is 0. The topological polar surface area (TPSA) is 66.8 Å². The average Bonchev–Trinajstić information content (AvgIpc) is 3.08. The minimum Gasteiger partial charge on any atom is -0.465 e. The first-order valence-corrected chi connectivity index (χ1v) is 14.8. The summed E-state index contributed by atoms with van der Waals surface area (Å²) in [6, 6.07) is 0. The van der Waals surface area contributed by atoms with Crippen LogP contribution in [0.5, 0.6) is 0 Å². The van der Waals surface area contributed by atoms with Crippen LogP contribution in [0.25, 0.3) is 0 Å². The van der Waals surface area contributed by atoms with Crippen LogP contribution in [-0.2, 0) is 9.53 Å². The van der Waals surface area contributed by atoms with Crippen molar-refractivity contribution in [2.24, 2.45) is 56.7 Å². The molecule has 5 saturated carbocycles. The van der Waals surface area contributed by atoms with Gasteiger partial charge >= 0.3 is 5.97 Å². The van der Waals surface area contributed by atoms with Crippen LogP contribution in [0, 0.1) is 56.7 Å². The number of aliphatic hydroxyl groups is 2.